The fraction of sp³-hybridized carbons (Fsp3) is 0.533. The maximum atomic E-state index is 12.6. The number of rotatable bonds is 4. The summed E-state index contributed by atoms with van der Waals surface area (Å²) in [5.41, 5.74) is 1.12. The number of benzene rings is 1. The first-order chi connectivity index (χ1) is 9.98. The van der Waals surface area contributed by atoms with E-state index >= 15 is 0 Å². The van der Waals surface area contributed by atoms with Gasteiger partial charge in [0.1, 0.15) is 0 Å². The fourth-order valence-corrected chi connectivity index (χ4v) is 4.08. The highest BCUT2D eigenvalue weighted by molar-refractivity contribution is 7.89. The SMILES string of the molecule is CCc1ccc(S(=O)(=O)N2CCC(C(=O)NC)CC2)cc1. The van der Waals surface area contributed by atoms with E-state index in [1.807, 2.05) is 19.1 Å². The molecular formula is C15H22N2O3S. The lowest BCUT2D eigenvalue weighted by atomic mass is 9.97. The third kappa shape index (κ3) is 3.44. The van der Waals surface area contributed by atoms with Crippen molar-refractivity contribution in [2.45, 2.75) is 31.1 Å². The molecule has 0 aromatic heterocycles. The van der Waals surface area contributed by atoms with Crippen LogP contribution in [-0.4, -0.2) is 38.8 Å². The molecule has 2 rings (SSSR count). The number of carbonyl (C=O) groups excluding carboxylic acids is 1. The van der Waals surface area contributed by atoms with E-state index in [0.29, 0.717) is 30.8 Å². The van der Waals surface area contributed by atoms with Crippen molar-refractivity contribution >= 4 is 15.9 Å². The molecule has 1 aromatic carbocycles. The van der Waals surface area contributed by atoms with Crippen LogP contribution in [0.1, 0.15) is 25.3 Å². The number of hydrogen-bond acceptors (Lipinski definition) is 3. The van der Waals surface area contributed by atoms with E-state index < -0.39 is 10.0 Å². The van der Waals surface area contributed by atoms with Crippen LogP contribution in [0.25, 0.3) is 0 Å². The molecule has 1 aliphatic heterocycles. The number of nitrogens with zero attached hydrogens (tertiary/aromatic N) is 1. The Morgan fingerprint density at radius 2 is 1.81 bits per heavy atom. The van der Waals surface area contributed by atoms with Crippen LogP contribution in [0.3, 0.4) is 0 Å². The van der Waals surface area contributed by atoms with Crippen molar-refractivity contribution in [2.75, 3.05) is 20.1 Å². The normalized spacial score (nSPS) is 17.6. The van der Waals surface area contributed by atoms with Crippen molar-refractivity contribution < 1.29 is 13.2 Å². The molecule has 6 heteroatoms. The second-order valence-electron chi connectivity index (χ2n) is 5.29. The molecule has 1 aromatic rings. The molecule has 1 fully saturated rings. The molecule has 1 saturated heterocycles. The van der Waals surface area contributed by atoms with Gasteiger partial charge in [-0.05, 0) is 37.0 Å². The first kappa shape index (κ1) is 16.0. The summed E-state index contributed by atoms with van der Waals surface area (Å²) in [6.07, 6.45) is 2.04. The summed E-state index contributed by atoms with van der Waals surface area (Å²) >= 11 is 0. The van der Waals surface area contributed by atoms with Crippen molar-refractivity contribution in [2.24, 2.45) is 5.92 Å². The van der Waals surface area contributed by atoms with E-state index in [1.54, 1.807) is 19.2 Å². The van der Waals surface area contributed by atoms with Crippen LogP contribution in [0, 0.1) is 5.92 Å². The lowest BCUT2D eigenvalue weighted by molar-refractivity contribution is -0.125. The standard InChI is InChI=1S/C15H22N2O3S/c1-3-12-4-6-14(7-5-12)21(19,20)17-10-8-13(9-11-17)15(18)16-2/h4-7,13H,3,8-11H2,1-2H3,(H,16,18). The molecule has 0 saturated carbocycles. The average Bonchev–Trinajstić information content (AvgIpc) is 2.54. The number of carbonyl (C=O) groups is 1. The molecule has 1 N–H and O–H groups in total. The minimum Gasteiger partial charge on any atom is -0.359 e. The maximum absolute atomic E-state index is 12.6. The fourth-order valence-electron chi connectivity index (χ4n) is 2.61. The van der Waals surface area contributed by atoms with E-state index in [4.69, 9.17) is 0 Å². The van der Waals surface area contributed by atoms with Gasteiger partial charge in [0.15, 0.2) is 0 Å². The summed E-state index contributed by atoms with van der Waals surface area (Å²) in [6, 6.07) is 7.03. The van der Waals surface area contributed by atoms with Gasteiger partial charge < -0.3 is 5.32 Å². The summed E-state index contributed by atoms with van der Waals surface area (Å²) in [4.78, 5) is 11.9. The van der Waals surface area contributed by atoms with E-state index in [0.717, 1.165) is 12.0 Å². The average molecular weight is 310 g/mol. The molecule has 21 heavy (non-hydrogen) atoms. The summed E-state index contributed by atoms with van der Waals surface area (Å²) < 4.78 is 26.6. The molecule has 1 aliphatic rings. The predicted octanol–water partition coefficient (Wildman–Crippen LogP) is 1.40. The van der Waals surface area contributed by atoms with Gasteiger partial charge in [-0.25, -0.2) is 8.42 Å². The number of hydrogen-bond donors (Lipinski definition) is 1. The third-order valence-electron chi connectivity index (χ3n) is 4.04. The van der Waals surface area contributed by atoms with Gasteiger partial charge in [0.05, 0.1) is 4.90 Å². The van der Waals surface area contributed by atoms with Gasteiger partial charge in [-0.3, -0.25) is 4.79 Å². The topological polar surface area (TPSA) is 66.5 Å². The molecule has 5 nitrogen and oxygen atoms in total. The monoisotopic (exact) mass is 310 g/mol. The highest BCUT2D eigenvalue weighted by atomic mass is 32.2. The van der Waals surface area contributed by atoms with Crippen LogP contribution in [0.4, 0.5) is 0 Å². The number of piperidine rings is 1. The number of aryl methyl sites for hydroxylation is 1. The van der Waals surface area contributed by atoms with Crippen LogP contribution >= 0.6 is 0 Å². The zero-order valence-electron chi connectivity index (χ0n) is 12.5. The van der Waals surface area contributed by atoms with Gasteiger partial charge in [0, 0.05) is 26.1 Å². The summed E-state index contributed by atoms with van der Waals surface area (Å²) in [6.45, 7) is 2.83. The first-order valence-corrected chi connectivity index (χ1v) is 8.73. The second-order valence-corrected chi connectivity index (χ2v) is 7.23. The van der Waals surface area contributed by atoms with Crippen molar-refractivity contribution in [3.05, 3.63) is 29.8 Å². The zero-order valence-corrected chi connectivity index (χ0v) is 13.3. The predicted molar refractivity (Wildman–Crippen MR) is 81.4 cm³/mol. The van der Waals surface area contributed by atoms with E-state index in [-0.39, 0.29) is 11.8 Å². The number of sulfonamides is 1. The smallest absolute Gasteiger partial charge is 0.243 e. The van der Waals surface area contributed by atoms with Gasteiger partial charge in [-0.2, -0.15) is 4.31 Å². The lowest BCUT2D eigenvalue weighted by Crippen LogP contribution is -2.42. The summed E-state index contributed by atoms with van der Waals surface area (Å²) in [5.74, 6) is -0.0803. The quantitative estimate of drug-likeness (QED) is 0.914. The molecule has 0 atom stereocenters. The molecule has 1 heterocycles. The van der Waals surface area contributed by atoms with Gasteiger partial charge >= 0.3 is 0 Å². The van der Waals surface area contributed by atoms with Crippen LogP contribution in [0.2, 0.25) is 0 Å². The Bertz CT molecular complexity index is 588. The summed E-state index contributed by atoms with van der Waals surface area (Å²) in [5, 5.41) is 2.63. The van der Waals surface area contributed by atoms with Crippen LogP contribution in [0.15, 0.2) is 29.2 Å². The largest absolute Gasteiger partial charge is 0.359 e. The van der Waals surface area contributed by atoms with Gasteiger partial charge in [0.2, 0.25) is 15.9 Å². The molecule has 116 valence electrons. The van der Waals surface area contributed by atoms with E-state index in [1.165, 1.54) is 4.31 Å². The molecule has 0 bridgehead atoms. The minimum atomic E-state index is -3.44. The first-order valence-electron chi connectivity index (χ1n) is 7.29. The minimum absolute atomic E-state index is 0.000605. The highest BCUT2D eigenvalue weighted by Crippen LogP contribution is 2.24. The molecule has 1 amide bonds. The Balaban J connectivity index is 2.09. The maximum Gasteiger partial charge on any atom is 0.243 e. The zero-order chi connectivity index (χ0) is 15.5. The molecule has 0 unspecified atom stereocenters. The van der Waals surface area contributed by atoms with Crippen molar-refractivity contribution in [1.29, 1.82) is 0 Å². The van der Waals surface area contributed by atoms with E-state index in [9.17, 15) is 13.2 Å². The van der Waals surface area contributed by atoms with Crippen molar-refractivity contribution in [1.82, 2.24) is 9.62 Å². The summed E-state index contributed by atoms with van der Waals surface area (Å²) in [7, 11) is -1.83. The van der Waals surface area contributed by atoms with Gasteiger partial charge in [0.25, 0.3) is 0 Å². The van der Waals surface area contributed by atoms with Crippen LogP contribution < -0.4 is 5.32 Å². The highest BCUT2D eigenvalue weighted by Gasteiger charge is 2.31. The Labute approximate surface area is 126 Å². The van der Waals surface area contributed by atoms with Crippen LogP contribution in [0.5, 0.6) is 0 Å². The van der Waals surface area contributed by atoms with Crippen molar-refractivity contribution in [3.63, 3.8) is 0 Å². The van der Waals surface area contributed by atoms with Crippen LogP contribution in [-0.2, 0) is 21.2 Å². The van der Waals surface area contributed by atoms with E-state index in [2.05, 4.69) is 5.32 Å². The van der Waals surface area contributed by atoms with Crippen molar-refractivity contribution in [3.8, 4) is 0 Å². The molecule has 0 radical (unpaired) electrons. The second kappa shape index (κ2) is 6.58. The van der Waals surface area contributed by atoms with Gasteiger partial charge in [-0.1, -0.05) is 19.1 Å². The lowest BCUT2D eigenvalue weighted by Gasteiger charge is -2.30. The third-order valence-corrected chi connectivity index (χ3v) is 5.95. The Morgan fingerprint density at radius 3 is 2.29 bits per heavy atom. The Kier molecular flexibility index (Phi) is 5.00. The molecule has 0 spiro atoms. The number of nitrogens with one attached hydrogen (secondary N) is 1. The Hall–Kier alpha value is -1.40. The Morgan fingerprint density at radius 1 is 1.24 bits per heavy atom. The molecule has 0 aliphatic carbocycles. The molecular weight excluding hydrogens is 288 g/mol. The van der Waals surface area contributed by atoms with Gasteiger partial charge in [-0.15, -0.1) is 0 Å². The number of amides is 1.